The molecule has 3 heterocycles. The molecule has 0 unspecified atom stereocenters. The van der Waals surface area contributed by atoms with Crippen molar-refractivity contribution in [2.75, 3.05) is 37.7 Å². The third-order valence-electron chi connectivity index (χ3n) is 6.06. The van der Waals surface area contributed by atoms with Gasteiger partial charge < -0.3 is 14.5 Å². The van der Waals surface area contributed by atoms with Gasteiger partial charge in [0.05, 0.1) is 36.0 Å². The number of rotatable bonds is 4. The van der Waals surface area contributed by atoms with Crippen molar-refractivity contribution in [1.82, 2.24) is 14.9 Å². The Morgan fingerprint density at radius 3 is 2.55 bits per heavy atom. The van der Waals surface area contributed by atoms with Crippen molar-refractivity contribution in [3.63, 3.8) is 0 Å². The molecule has 1 saturated heterocycles. The zero-order chi connectivity index (χ0) is 22.8. The predicted octanol–water partition coefficient (Wildman–Crippen LogP) is 3.90. The number of fused-ring (bicyclic) bond motifs is 1. The Bertz CT molecular complexity index is 1170. The summed E-state index contributed by atoms with van der Waals surface area (Å²) in [6.07, 6.45) is 1.16. The Morgan fingerprint density at radius 2 is 1.79 bits per heavy atom. The maximum Gasteiger partial charge on any atom is 0.255 e. The van der Waals surface area contributed by atoms with Gasteiger partial charge >= 0.3 is 0 Å². The van der Waals surface area contributed by atoms with Crippen LogP contribution in [0.15, 0.2) is 48.5 Å². The van der Waals surface area contributed by atoms with E-state index >= 15 is 0 Å². The number of aromatic nitrogens is 2. The molecule has 8 heteroatoms. The van der Waals surface area contributed by atoms with E-state index in [0.29, 0.717) is 55.6 Å². The van der Waals surface area contributed by atoms with Crippen molar-refractivity contribution in [1.29, 1.82) is 0 Å². The lowest BCUT2D eigenvalue weighted by molar-refractivity contribution is 0.0733. The van der Waals surface area contributed by atoms with E-state index in [1.54, 1.807) is 24.3 Å². The number of hydrogen-bond acceptors (Lipinski definition) is 5. The highest BCUT2D eigenvalue weighted by atomic mass is 35.5. The molecular weight excluding hydrogens is 443 g/mol. The van der Waals surface area contributed by atoms with Gasteiger partial charge in [-0.1, -0.05) is 35.9 Å². The fourth-order valence-electron chi connectivity index (χ4n) is 4.33. The normalized spacial score (nSPS) is 15.9. The summed E-state index contributed by atoms with van der Waals surface area (Å²) in [7, 11) is 0. The molecule has 2 aliphatic heterocycles. The first-order valence-corrected chi connectivity index (χ1v) is 11.5. The van der Waals surface area contributed by atoms with Gasteiger partial charge in [-0.25, -0.2) is 14.4 Å². The van der Waals surface area contributed by atoms with Gasteiger partial charge in [0.15, 0.2) is 0 Å². The molecule has 170 valence electrons. The number of anilines is 1. The molecule has 0 bridgehead atoms. The van der Waals surface area contributed by atoms with Gasteiger partial charge in [0.2, 0.25) is 0 Å². The SMILES string of the molecule is O=C(c1ccccc1Cl)N1CCc2nc(Cc3ccc(F)cc3)nc(N3CCOCC3)c2C1. The molecule has 5 rings (SSSR count). The second kappa shape index (κ2) is 9.45. The van der Waals surface area contributed by atoms with Crippen LogP contribution in [0.25, 0.3) is 0 Å². The molecule has 6 nitrogen and oxygen atoms in total. The number of nitrogens with zero attached hydrogens (tertiary/aromatic N) is 4. The first-order chi connectivity index (χ1) is 16.1. The molecular formula is C25H24ClFN4O2. The average Bonchev–Trinajstić information content (AvgIpc) is 2.85. The van der Waals surface area contributed by atoms with Gasteiger partial charge in [-0.2, -0.15) is 0 Å². The van der Waals surface area contributed by atoms with E-state index in [2.05, 4.69) is 4.90 Å². The number of carbonyl (C=O) groups excluding carboxylic acids is 1. The Labute approximate surface area is 197 Å². The Kier molecular flexibility index (Phi) is 6.24. The third kappa shape index (κ3) is 4.70. The van der Waals surface area contributed by atoms with Gasteiger partial charge in [0.25, 0.3) is 5.91 Å². The van der Waals surface area contributed by atoms with Crippen LogP contribution in [0.3, 0.4) is 0 Å². The summed E-state index contributed by atoms with van der Waals surface area (Å²) in [5.41, 5.74) is 3.40. The number of halogens is 2. The molecule has 3 aromatic rings. The molecule has 1 aromatic heterocycles. The van der Waals surface area contributed by atoms with Crippen LogP contribution in [0.2, 0.25) is 5.02 Å². The largest absolute Gasteiger partial charge is 0.378 e. The maximum atomic E-state index is 13.3. The van der Waals surface area contributed by atoms with Crippen LogP contribution in [0.5, 0.6) is 0 Å². The molecule has 0 N–H and O–H groups in total. The van der Waals surface area contributed by atoms with Crippen LogP contribution in [-0.4, -0.2) is 53.6 Å². The summed E-state index contributed by atoms with van der Waals surface area (Å²) in [4.78, 5) is 27.0. The van der Waals surface area contributed by atoms with Crippen LogP contribution in [-0.2, 0) is 24.1 Å². The monoisotopic (exact) mass is 466 g/mol. The molecule has 2 aromatic carbocycles. The number of morpholine rings is 1. The summed E-state index contributed by atoms with van der Waals surface area (Å²) in [5.74, 6) is 1.21. The first-order valence-electron chi connectivity index (χ1n) is 11.1. The molecule has 0 aliphatic carbocycles. The molecule has 0 atom stereocenters. The Morgan fingerprint density at radius 1 is 1.03 bits per heavy atom. The number of benzene rings is 2. The molecule has 33 heavy (non-hydrogen) atoms. The fraction of sp³-hybridized carbons (Fsp3) is 0.320. The van der Waals surface area contributed by atoms with Gasteiger partial charge in [0.1, 0.15) is 17.5 Å². The molecule has 1 amide bonds. The van der Waals surface area contributed by atoms with Crippen LogP contribution in [0, 0.1) is 5.82 Å². The number of carbonyl (C=O) groups is 1. The van der Waals surface area contributed by atoms with Gasteiger partial charge in [-0.05, 0) is 29.8 Å². The summed E-state index contributed by atoms with van der Waals surface area (Å²) in [6.45, 7) is 3.73. The lowest BCUT2D eigenvalue weighted by Crippen LogP contribution is -2.41. The van der Waals surface area contributed by atoms with Gasteiger partial charge in [-0.15, -0.1) is 0 Å². The highest BCUT2D eigenvalue weighted by molar-refractivity contribution is 6.33. The molecule has 2 aliphatic rings. The molecule has 1 fully saturated rings. The Hall–Kier alpha value is -3.03. The van der Waals surface area contributed by atoms with Crippen molar-refractivity contribution in [3.05, 3.63) is 87.6 Å². The summed E-state index contributed by atoms with van der Waals surface area (Å²) in [6, 6.07) is 13.6. The van der Waals surface area contributed by atoms with E-state index in [4.69, 9.17) is 26.3 Å². The minimum Gasteiger partial charge on any atom is -0.378 e. The zero-order valence-corrected chi connectivity index (χ0v) is 18.9. The maximum absolute atomic E-state index is 13.3. The van der Waals surface area contributed by atoms with Crippen molar-refractivity contribution in [2.24, 2.45) is 0 Å². The summed E-state index contributed by atoms with van der Waals surface area (Å²) < 4.78 is 18.8. The number of amides is 1. The van der Waals surface area contributed by atoms with E-state index in [9.17, 15) is 9.18 Å². The van der Waals surface area contributed by atoms with Crippen molar-refractivity contribution >= 4 is 23.3 Å². The first kappa shape index (κ1) is 21.8. The molecule has 0 radical (unpaired) electrons. The lowest BCUT2D eigenvalue weighted by Gasteiger charge is -2.34. The number of ether oxygens (including phenoxy) is 1. The molecule has 0 spiro atoms. The van der Waals surface area contributed by atoms with E-state index < -0.39 is 0 Å². The van der Waals surface area contributed by atoms with Crippen molar-refractivity contribution in [2.45, 2.75) is 19.4 Å². The minimum atomic E-state index is -0.262. The van der Waals surface area contributed by atoms with Crippen LogP contribution < -0.4 is 4.90 Å². The number of hydrogen-bond donors (Lipinski definition) is 0. The highest BCUT2D eigenvalue weighted by Crippen LogP contribution is 2.29. The van der Waals surface area contributed by atoms with Crippen LogP contribution in [0.1, 0.15) is 33.0 Å². The van der Waals surface area contributed by atoms with Gasteiger partial charge in [-0.3, -0.25) is 4.79 Å². The average molecular weight is 467 g/mol. The highest BCUT2D eigenvalue weighted by Gasteiger charge is 2.29. The minimum absolute atomic E-state index is 0.0884. The quantitative estimate of drug-likeness (QED) is 0.583. The van der Waals surface area contributed by atoms with Gasteiger partial charge in [0, 0.05) is 38.0 Å². The van der Waals surface area contributed by atoms with E-state index in [0.717, 1.165) is 35.7 Å². The fourth-order valence-corrected chi connectivity index (χ4v) is 4.54. The third-order valence-corrected chi connectivity index (χ3v) is 6.39. The predicted molar refractivity (Wildman–Crippen MR) is 124 cm³/mol. The van der Waals surface area contributed by atoms with Crippen LogP contribution >= 0.6 is 11.6 Å². The smallest absolute Gasteiger partial charge is 0.255 e. The topological polar surface area (TPSA) is 58.6 Å². The summed E-state index contributed by atoms with van der Waals surface area (Å²) in [5, 5.41) is 0.451. The van der Waals surface area contributed by atoms with Crippen molar-refractivity contribution < 1.29 is 13.9 Å². The van der Waals surface area contributed by atoms with Crippen LogP contribution in [0.4, 0.5) is 10.2 Å². The summed E-state index contributed by atoms with van der Waals surface area (Å²) >= 11 is 6.28. The second-order valence-corrected chi connectivity index (χ2v) is 8.66. The standard InChI is InChI=1S/C25H24ClFN4O2/c26-21-4-2-1-3-19(21)25(32)31-10-9-22-20(16-31)24(30-11-13-33-14-12-30)29-23(28-22)15-17-5-7-18(27)8-6-17/h1-8H,9-16H2. The van der Waals surface area contributed by atoms with E-state index in [1.165, 1.54) is 12.1 Å². The molecule has 0 saturated carbocycles. The van der Waals surface area contributed by atoms with E-state index in [1.807, 2.05) is 17.0 Å². The lowest BCUT2D eigenvalue weighted by atomic mass is 10.0. The zero-order valence-electron chi connectivity index (χ0n) is 18.1. The Balaban J connectivity index is 1.47. The van der Waals surface area contributed by atoms with Crippen molar-refractivity contribution in [3.8, 4) is 0 Å². The van der Waals surface area contributed by atoms with E-state index in [-0.39, 0.29) is 11.7 Å². The second-order valence-electron chi connectivity index (χ2n) is 8.25.